The Kier molecular flexibility index (Phi) is 4.43. The molecule has 2 heterocycles. The zero-order valence-electron chi connectivity index (χ0n) is 9.85. The molecule has 1 aromatic heterocycles. The average molecular weight is 238 g/mol. The molecule has 0 aromatic carbocycles. The van der Waals surface area contributed by atoms with Gasteiger partial charge in [-0.25, -0.2) is 0 Å². The van der Waals surface area contributed by atoms with Crippen molar-refractivity contribution in [1.29, 1.82) is 0 Å². The number of rotatable bonds is 4. The molecule has 1 fully saturated rings. The van der Waals surface area contributed by atoms with Gasteiger partial charge in [-0.2, -0.15) is 5.21 Å². The van der Waals surface area contributed by atoms with Gasteiger partial charge >= 0.3 is 0 Å². The molecule has 94 valence electrons. The second-order valence-electron chi connectivity index (χ2n) is 4.25. The normalized spacial score (nSPS) is 17.6. The number of aromatic nitrogens is 4. The second-order valence-corrected chi connectivity index (χ2v) is 4.25. The summed E-state index contributed by atoms with van der Waals surface area (Å²) < 4.78 is 0. The largest absolute Gasteiger partial charge is 0.348 e. The lowest BCUT2D eigenvalue weighted by molar-refractivity contribution is 0.0938. The molecule has 2 rings (SSSR count). The van der Waals surface area contributed by atoms with Gasteiger partial charge in [0.1, 0.15) is 0 Å². The third-order valence-corrected chi connectivity index (χ3v) is 2.96. The molecule has 0 bridgehead atoms. The van der Waals surface area contributed by atoms with Crippen LogP contribution in [0.3, 0.4) is 0 Å². The molecule has 0 aliphatic carbocycles. The smallest absolute Gasteiger partial charge is 0.292 e. The van der Waals surface area contributed by atoms with Crippen molar-refractivity contribution in [2.75, 3.05) is 26.2 Å². The Bertz CT molecular complexity index is 331. The summed E-state index contributed by atoms with van der Waals surface area (Å²) in [5.41, 5.74) is 0. The van der Waals surface area contributed by atoms with Crippen molar-refractivity contribution in [1.82, 2.24) is 30.8 Å². The molecule has 7 heteroatoms. The van der Waals surface area contributed by atoms with Gasteiger partial charge < -0.3 is 10.2 Å². The van der Waals surface area contributed by atoms with Crippen molar-refractivity contribution < 1.29 is 4.79 Å². The molecule has 17 heavy (non-hydrogen) atoms. The summed E-state index contributed by atoms with van der Waals surface area (Å²) in [6.45, 7) is 3.80. The summed E-state index contributed by atoms with van der Waals surface area (Å²) >= 11 is 0. The molecule has 1 saturated heterocycles. The Labute approximate surface area is 100.0 Å². The van der Waals surface area contributed by atoms with Crippen molar-refractivity contribution >= 4 is 5.91 Å². The van der Waals surface area contributed by atoms with Crippen LogP contribution in [-0.2, 0) is 0 Å². The average Bonchev–Trinajstić information content (AvgIpc) is 2.75. The number of H-pyrrole nitrogens is 1. The van der Waals surface area contributed by atoms with Gasteiger partial charge in [-0.3, -0.25) is 4.79 Å². The third kappa shape index (κ3) is 3.77. The maximum atomic E-state index is 11.5. The predicted molar refractivity (Wildman–Crippen MR) is 61.4 cm³/mol. The monoisotopic (exact) mass is 238 g/mol. The molecule has 7 nitrogen and oxygen atoms in total. The van der Waals surface area contributed by atoms with Gasteiger partial charge in [0.05, 0.1) is 0 Å². The van der Waals surface area contributed by atoms with Crippen LogP contribution in [0.25, 0.3) is 0 Å². The molecule has 0 unspecified atom stereocenters. The predicted octanol–water partition coefficient (Wildman–Crippen LogP) is -0.194. The summed E-state index contributed by atoms with van der Waals surface area (Å²) in [6, 6.07) is 0. The molecule has 1 aromatic rings. The maximum Gasteiger partial charge on any atom is 0.292 e. The maximum absolute atomic E-state index is 11.5. The fourth-order valence-corrected chi connectivity index (χ4v) is 2.02. The zero-order valence-corrected chi connectivity index (χ0v) is 9.85. The summed E-state index contributed by atoms with van der Waals surface area (Å²) in [6.07, 6.45) is 5.18. The van der Waals surface area contributed by atoms with Gasteiger partial charge in [0, 0.05) is 13.1 Å². The molecule has 1 amide bonds. The van der Waals surface area contributed by atoms with E-state index in [4.69, 9.17) is 0 Å². The zero-order chi connectivity index (χ0) is 11.9. The molecule has 0 radical (unpaired) electrons. The molecular formula is C10H18N6O. The van der Waals surface area contributed by atoms with Crippen molar-refractivity contribution in [3.05, 3.63) is 5.82 Å². The van der Waals surface area contributed by atoms with Crippen molar-refractivity contribution in [3.8, 4) is 0 Å². The van der Waals surface area contributed by atoms with E-state index < -0.39 is 0 Å². The van der Waals surface area contributed by atoms with Crippen LogP contribution >= 0.6 is 0 Å². The van der Waals surface area contributed by atoms with E-state index in [1.165, 1.54) is 25.7 Å². The van der Waals surface area contributed by atoms with Crippen molar-refractivity contribution in [3.63, 3.8) is 0 Å². The van der Waals surface area contributed by atoms with Crippen molar-refractivity contribution in [2.24, 2.45) is 0 Å². The molecule has 1 aliphatic heterocycles. The number of nitrogens with one attached hydrogen (secondary N) is 2. The second kappa shape index (κ2) is 6.29. The number of carbonyl (C=O) groups excluding carboxylic acids is 1. The van der Waals surface area contributed by atoms with E-state index in [1.807, 2.05) is 0 Å². The number of hydrogen-bond donors (Lipinski definition) is 2. The Morgan fingerprint density at radius 3 is 2.71 bits per heavy atom. The van der Waals surface area contributed by atoms with Gasteiger partial charge in [-0.05, 0) is 31.1 Å². The van der Waals surface area contributed by atoms with Crippen LogP contribution in [0.1, 0.15) is 36.3 Å². The lowest BCUT2D eigenvalue weighted by Gasteiger charge is -2.19. The lowest BCUT2D eigenvalue weighted by atomic mass is 10.2. The third-order valence-electron chi connectivity index (χ3n) is 2.96. The van der Waals surface area contributed by atoms with Crippen LogP contribution < -0.4 is 5.32 Å². The van der Waals surface area contributed by atoms with Gasteiger partial charge in [0.2, 0.25) is 0 Å². The number of hydrogen-bond acceptors (Lipinski definition) is 5. The first-order chi connectivity index (χ1) is 8.36. The Balaban J connectivity index is 1.66. The molecule has 0 atom stereocenters. The molecule has 1 aliphatic rings. The topological polar surface area (TPSA) is 86.8 Å². The van der Waals surface area contributed by atoms with E-state index in [2.05, 4.69) is 30.8 Å². The van der Waals surface area contributed by atoms with E-state index in [1.54, 1.807) is 0 Å². The minimum atomic E-state index is -0.270. The Morgan fingerprint density at radius 1 is 1.29 bits per heavy atom. The van der Waals surface area contributed by atoms with E-state index in [0.717, 1.165) is 19.6 Å². The Morgan fingerprint density at radius 2 is 2.06 bits per heavy atom. The minimum absolute atomic E-state index is 0.0980. The number of amides is 1. The first-order valence-electron chi connectivity index (χ1n) is 6.10. The van der Waals surface area contributed by atoms with Gasteiger partial charge in [0.25, 0.3) is 11.7 Å². The van der Waals surface area contributed by atoms with E-state index >= 15 is 0 Å². The molecule has 0 spiro atoms. The number of aromatic amines is 1. The van der Waals surface area contributed by atoms with E-state index in [9.17, 15) is 4.79 Å². The number of carbonyl (C=O) groups is 1. The Hall–Kier alpha value is -1.50. The lowest BCUT2D eigenvalue weighted by Crippen LogP contribution is -2.35. The van der Waals surface area contributed by atoms with Crippen LogP contribution in [0.4, 0.5) is 0 Å². The van der Waals surface area contributed by atoms with E-state index in [0.29, 0.717) is 6.54 Å². The molecule has 2 N–H and O–H groups in total. The molecular weight excluding hydrogens is 220 g/mol. The van der Waals surface area contributed by atoms with Gasteiger partial charge in [-0.1, -0.05) is 12.8 Å². The standard InChI is InChI=1S/C10H18N6O/c17-10(9-12-14-15-13-9)11-5-8-16-6-3-1-2-4-7-16/h1-8H2,(H,11,17)(H,12,13,14,15). The van der Waals surface area contributed by atoms with Crippen molar-refractivity contribution in [2.45, 2.75) is 25.7 Å². The summed E-state index contributed by atoms with van der Waals surface area (Å²) in [7, 11) is 0. The molecule has 0 saturated carbocycles. The first kappa shape index (κ1) is 12.0. The van der Waals surface area contributed by atoms with Crippen LogP contribution in [0, 0.1) is 0 Å². The minimum Gasteiger partial charge on any atom is -0.348 e. The quantitative estimate of drug-likeness (QED) is 0.759. The van der Waals surface area contributed by atoms with Crippen LogP contribution in [0.5, 0.6) is 0 Å². The van der Waals surface area contributed by atoms with Gasteiger partial charge in [0.15, 0.2) is 0 Å². The van der Waals surface area contributed by atoms with Gasteiger partial charge in [-0.15, -0.1) is 10.2 Å². The first-order valence-corrected chi connectivity index (χ1v) is 6.10. The summed E-state index contributed by atoms with van der Waals surface area (Å²) in [4.78, 5) is 13.9. The highest BCUT2D eigenvalue weighted by atomic mass is 16.2. The summed E-state index contributed by atoms with van der Waals surface area (Å²) in [5.74, 6) is -0.172. The summed E-state index contributed by atoms with van der Waals surface area (Å²) in [5, 5.41) is 15.6. The number of nitrogens with zero attached hydrogens (tertiary/aromatic N) is 4. The highest BCUT2D eigenvalue weighted by molar-refractivity contribution is 5.89. The van der Waals surface area contributed by atoms with E-state index in [-0.39, 0.29) is 11.7 Å². The number of tetrazole rings is 1. The van der Waals surface area contributed by atoms with Crippen LogP contribution in [0.15, 0.2) is 0 Å². The van der Waals surface area contributed by atoms with Crippen LogP contribution in [0.2, 0.25) is 0 Å². The fraction of sp³-hybridized carbons (Fsp3) is 0.800. The highest BCUT2D eigenvalue weighted by Gasteiger charge is 2.11. The SMILES string of the molecule is O=C(NCCN1CCCCCC1)c1nn[nH]n1. The highest BCUT2D eigenvalue weighted by Crippen LogP contribution is 2.08. The fourth-order valence-electron chi connectivity index (χ4n) is 2.02. The van der Waals surface area contributed by atoms with Crippen LogP contribution in [-0.4, -0.2) is 57.6 Å². The number of likely N-dealkylation sites (tertiary alicyclic amines) is 1.